The summed E-state index contributed by atoms with van der Waals surface area (Å²) in [6.07, 6.45) is -0.309. The molecule has 0 unspecified atom stereocenters. The normalized spacial score (nSPS) is 22.0. The summed E-state index contributed by atoms with van der Waals surface area (Å²) >= 11 is 0. The number of carbonyl (C=O) groups is 3. The molecular formula is C8H8O5. The van der Waals surface area contributed by atoms with Crippen molar-refractivity contribution >= 4 is 17.7 Å². The second-order valence-electron chi connectivity index (χ2n) is 2.57. The molecule has 0 aromatic heterocycles. The van der Waals surface area contributed by atoms with Crippen LogP contribution in [0.15, 0.2) is 11.8 Å². The molecule has 13 heavy (non-hydrogen) atoms. The lowest BCUT2D eigenvalue weighted by Crippen LogP contribution is -2.37. The van der Waals surface area contributed by atoms with Gasteiger partial charge < -0.3 is 9.47 Å². The van der Waals surface area contributed by atoms with Crippen LogP contribution in [0.5, 0.6) is 0 Å². The molecule has 0 radical (unpaired) electrons. The van der Waals surface area contributed by atoms with E-state index in [1.54, 1.807) is 0 Å². The van der Waals surface area contributed by atoms with Crippen molar-refractivity contribution in [3.8, 4) is 0 Å². The van der Waals surface area contributed by atoms with Gasteiger partial charge in [0.15, 0.2) is 0 Å². The monoisotopic (exact) mass is 184 g/mol. The third-order valence-corrected chi connectivity index (χ3v) is 1.36. The molecule has 70 valence electrons. The van der Waals surface area contributed by atoms with Crippen molar-refractivity contribution in [2.45, 2.75) is 20.0 Å². The number of hydrogen-bond acceptors (Lipinski definition) is 5. The van der Waals surface area contributed by atoms with Crippen LogP contribution in [-0.4, -0.2) is 23.8 Å². The summed E-state index contributed by atoms with van der Waals surface area (Å²) in [5.41, 5.74) is 0. The van der Waals surface area contributed by atoms with Crippen LogP contribution in [0.1, 0.15) is 13.8 Å². The van der Waals surface area contributed by atoms with Gasteiger partial charge in [0.1, 0.15) is 5.76 Å². The topological polar surface area (TPSA) is 69.7 Å². The minimum atomic E-state index is -1.43. The number of cyclic esters (lactones) is 1. The van der Waals surface area contributed by atoms with Crippen LogP contribution in [0.25, 0.3) is 0 Å². The lowest BCUT2D eigenvalue weighted by molar-refractivity contribution is -0.168. The third kappa shape index (κ3) is 2.14. The molecule has 0 aromatic rings. The molecular weight excluding hydrogens is 176 g/mol. The van der Waals surface area contributed by atoms with Crippen LogP contribution in [0.4, 0.5) is 0 Å². The molecule has 0 amide bonds. The summed E-state index contributed by atoms with van der Waals surface area (Å²) in [5.74, 6) is -1.90. The molecule has 0 saturated carbocycles. The van der Waals surface area contributed by atoms with E-state index >= 15 is 0 Å². The third-order valence-electron chi connectivity index (χ3n) is 1.36. The van der Waals surface area contributed by atoms with E-state index in [9.17, 15) is 14.4 Å². The Hall–Kier alpha value is -1.65. The first-order valence-electron chi connectivity index (χ1n) is 3.62. The minimum absolute atomic E-state index is 0.207. The molecule has 1 aliphatic rings. The van der Waals surface area contributed by atoms with Crippen LogP contribution < -0.4 is 0 Å². The Morgan fingerprint density at radius 3 is 2.62 bits per heavy atom. The molecule has 0 aromatic carbocycles. The zero-order valence-electron chi connectivity index (χ0n) is 7.20. The van der Waals surface area contributed by atoms with Crippen molar-refractivity contribution in [2.24, 2.45) is 0 Å². The predicted octanol–water partition coefficient (Wildman–Crippen LogP) is -0.0522. The number of ether oxygens (including phenoxy) is 2. The maximum Gasteiger partial charge on any atom is 0.360 e. The standard InChI is InChI=1S/C8H8O5/c1-4-3-6(10)7(8(11)12-4)13-5(2)9/h3,7H,1-2H3/t7-/m0/s1. The summed E-state index contributed by atoms with van der Waals surface area (Å²) < 4.78 is 9.05. The van der Waals surface area contributed by atoms with Gasteiger partial charge in [0, 0.05) is 13.0 Å². The number of allylic oxidation sites excluding steroid dienone is 1. The van der Waals surface area contributed by atoms with Crippen molar-refractivity contribution in [2.75, 3.05) is 0 Å². The van der Waals surface area contributed by atoms with Crippen LogP contribution >= 0.6 is 0 Å². The van der Waals surface area contributed by atoms with Gasteiger partial charge in [-0.2, -0.15) is 0 Å². The van der Waals surface area contributed by atoms with Gasteiger partial charge in [-0.05, 0) is 6.92 Å². The first-order chi connectivity index (χ1) is 6.00. The van der Waals surface area contributed by atoms with E-state index in [0.29, 0.717) is 0 Å². The van der Waals surface area contributed by atoms with E-state index in [1.165, 1.54) is 6.92 Å². The van der Waals surface area contributed by atoms with Gasteiger partial charge >= 0.3 is 11.9 Å². The fourth-order valence-electron chi connectivity index (χ4n) is 0.906. The van der Waals surface area contributed by atoms with E-state index < -0.39 is 23.8 Å². The molecule has 0 aliphatic carbocycles. The number of ketones is 1. The molecule has 1 heterocycles. The molecule has 1 atom stereocenters. The van der Waals surface area contributed by atoms with Gasteiger partial charge in [-0.3, -0.25) is 9.59 Å². The number of esters is 2. The fourth-order valence-corrected chi connectivity index (χ4v) is 0.906. The Morgan fingerprint density at radius 1 is 1.54 bits per heavy atom. The maximum atomic E-state index is 11.1. The van der Waals surface area contributed by atoms with Crippen molar-refractivity contribution in [1.82, 2.24) is 0 Å². The second-order valence-corrected chi connectivity index (χ2v) is 2.57. The SMILES string of the molecule is CC(=O)O[C@H]1C(=O)C=C(C)OC1=O. The van der Waals surface area contributed by atoms with Crippen molar-refractivity contribution in [3.05, 3.63) is 11.8 Å². The second kappa shape index (κ2) is 3.38. The zero-order valence-corrected chi connectivity index (χ0v) is 7.20. The molecule has 0 N–H and O–H groups in total. The number of rotatable bonds is 1. The molecule has 0 bridgehead atoms. The Bertz CT molecular complexity index is 302. The summed E-state index contributed by atoms with van der Waals surface area (Å²) in [6, 6.07) is 0. The first-order valence-corrected chi connectivity index (χ1v) is 3.62. The van der Waals surface area contributed by atoms with Gasteiger partial charge in [0.2, 0.25) is 5.78 Å². The summed E-state index contributed by atoms with van der Waals surface area (Å²) in [4.78, 5) is 32.6. The number of hydrogen-bond donors (Lipinski definition) is 0. The van der Waals surface area contributed by atoms with Gasteiger partial charge in [-0.15, -0.1) is 0 Å². The molecule has 1 aliphatic heterocycles. The Kier molecular flexibility index (Phi) is 2.46. The van der Waals surface area contributed by atoms with Crippen LogP contribution in [-0.2, 0) is 23.9 Å². The van der Waals surface area contributed by atoms with Crippen molar-refractivity contribution < 1.29 is 23.9 Å². The van der Waals surface area contributed by atoms with Crippen LogP contribution in [0, 0.1) is 0 Å². The van der Waals surface area contributed by atoms with Gasteiger partial charge in [-0.1, -0.05) is 0 Å². The highest BCUT2D eigenvalue weighted by Crippen LogP contribution is 2.11. The average molecular weight is 184 g/mol. The van der Waals surface area contributed by atoms with Gasteiger partial charge in [0.05, 0.1) is 0 Å². The lowest BCUT2D eigenvalue weighted by Gasteiger charge is -2.17. The Balaban J connectivity index is 2.81. The number of carbonyl (C=O) groups excluding carboxylic acids is 3. The highest BCUT2D eigenvalue weighted by atomic mass is 16.6. The molecule has 0 fully saturated rings. The van der Waals surface area contributed by atoms with E-state index in [1.807, 2.05) is 0 Å². The highest BCUT2D eigenvalue weighted by Gasteiger charge is 2.33. The molecule has 5 nitrogen and oxygen atoms in total. The minimum Gasteiger partial charge on any atom is -0.442 e. The lowest BCUT2D eigenvalue weighted by atomic mass is 10.2. The van der Waals surface area contributed by atoms with Gasteiger partial charge in [-0.25, -0.2) is 4.79 Å². The molecule has 1 rings (SSSR count). The summed E-state index contributed by atoms with van der Waals surface area (Å²) in [6.45, 7) is 2.59. The first kappa shape index (κ1) is 9.44. The quantitative estimate of drug-likeness (QED) is 0.422. The van der Waals surface area contributed by atoms with Gasteiger partial charge in [0.25, 0.3) is 6.10 Å². The van der Waals surface area contributed by atoms with Crippen molar-refractivity contribution in [1.29, 1.82) is 0 Å². The largest absolute Gasteiger partial charge is 0.442 e. The summed E-state index contributed by atoms with van der Waals surface area (Å²) in [7, 11) is 0. The maximum absolute atomic E-state index is 11.1. The fraction of sp³-hybridized carbons (Fsp3) is 0.375. The van der Waals surface area contributed by atoms with Crippen molar-refractivity contribution in [3.63, 3.8) is 0 Å². The summed E-state index contributed by atoms with van der Waals surface area (Å²) in [5, 5.41) is 0. The Morgan fingerprint density at radius 2 is 2.15 bits per heavy atom. The van der Waals surface area contributed by atoms with Crippen LogP contribution in [0.3, 0.4) is 0 Å². The molecule has 5 heteroatoms. The smallest absolute Gasteiger partial charge is 0.360 e. The predicted molar refractivity (Wildman–Crippen MR) is 40.4 cm³/mol. The van der Waals surface area contributed by atoms with E-state index in [2.05, 4.69) is 9.47 Å². The van der Waals surface area contributed by atoms with E-state index in [-0.39, 0.29) is 5.76 Å². The van der Waals surface area contributed by atoms with Crippen LogP contribution in [0.2, 0.25) is 0 Å². The zero-order chi connectivity index (χ0) is 10.0. The average Bonchev–Trinajstić information content (AvgIpc) is 1.96. The molecule has 0 spiro atoms. The van der Waals surface area contributed by atoms with E-state index in [4.69, 9.17) is 0 Å². The highest BCUT2D eigenvalue weighted by molar-refractivity contribution is 6.10. The Labute approximate surface area is 74.3 Å². The molecule has 0 saturated heterocycles. The van der Waals surface area contributed by atoms with E-state index in [0.717, 1.165) is 13.0 Å².